The van der Waals surface area contributed by atoms with E-state index < -0.39 is 12.7 Å². The maximum Gasteiger partial charge on any atom is 0.401 e. The number of methoxy groups -OCH3 is 1. The third-order valence-electron chi connectivity index (χ3n) is 5.11. The molecule has 0 aliphatic carbocycles. The number of hydrogen-bond acceptors (Lipinski definition) is 3. The Bertz CT molecular complexity index is 619. The summed E-state index contributed by atoms with van der Waals surface area (Å²) >= 11 is 0. The van der Waals surface area contributed by atoms with Gasteiger partial charge in [0, 0.05) is 26.7 Å². The maximum atomic E-state index is 12.5. The van der Waals surface area contributed by atoms with Gasteiger partial charge in [0.25, 0.3) is 0 Å². The molecule has 1 aliphatic heterocycles. The first-order chi connectivity index (χ1) is 13.3. The minimum atomic E-state index is -4.12. The number of nitrogens with one attached hydrogen (secondary N) is 2. The van der Waals surface area contributed by atoms with E-state index in [1.165, 1.54) is 10.5 Å². The minimum Gasteiger partial charge on any atom is -0.497 e. The van der Waals surface area contributed by atoms with Crippen LogP contribution < -0.4 is 15.4 Å². The van der Waals surface area contributed by atoms with Gasteiger partial charge in [0.15, 0.2) is 5.96 Å². The Morgan fingerprint density at radius 3 is 2.61 bits per heavy atom. The van der Waals surface area contributed by atoms with Gasteiger partial charge in [-0.3, -0.25) is 9.89 Å². The van der Waals surface area contributed by atoms with Crippen molar-refractivity contribution in [3.63, 3.8) is 0 Å². The second-order valence-electron chi connectivity index (χ2n) is 7.35. The highest BCUT2D eigenvalue weighted by Crippen LogP contribution is 2.23. The number of nitrogens with zero attached hydrogens (tertiary/aromatic N) is 2. The van der Waals surface area contributed by atoms with Crippen molar-refractivity contribution >= 4 is 5.96 Å². The molecule has 0 spiro atoms. The van der Waals surface area contributed by atoms with Crippen molar-refractivity contribution in [3.8, 4) is 5.75 Å². The molecule has 0 saturated carbocycles. The van der Waals surface area contributed by atoms with Gasteiger partial charge in [-0.25, -0.2) is 0 Å². The molecular weight excluding hydrogens is 369 g/mol. The summed E-state index contributed by atoms with van der Waals surface area (Å²) in [4.78, 5) is 5.68. The van der Waals surface area contributed by atoms with E-state index in [1.54, 1.807) is 14.2 Å². The SMILES string of the molecule is CN=C(NCCC(C)c1ccc(OC)cc1)NCC1CCN(CC(F)(F)F)C1. The van der Waals surface area contributed by atoms with Crippen LogP contribution in [0.3, 0.4) is 0 Å². The molecule has 1 aliphatic rings. The monoisotopic (exact) mass is 400 g/mol. The first-order valence-corrected chi connectivity index (χ1v) is 9.68. The Morgan fingerprint density at radius 2 is 2.00 bits per heavy atom. The first-order valence-electron chi connectivity index (χ1n) is 9.68. The van der Waals surface area contributed by atoms with Crippen LogP contribution in [0.2, 0.25) is 0 Å². The van der Waals surface area contributed by atoms with Crippen LogP contribution in [0.1, 0.15) is 31.2 Å². The number of alkyl halides is 3. The van der Waals surface area contributed by atoms with Crippen molar-refractivity contribution in [3.05, 3.63) is 29.8 Å². The standard InChI is InChI=1S/C20H31F3N4O/c1-15(17-4-6-18(28-3)7-5-17)8-10-25-19(24-2)26-12-16-9-11-27(13-16)14-20(21,22)23/h4-7,15-16H,8-14H2,1-3H3,(H2,24,25,26). The molecule has 0 aromatic heterocycles. The van der Waals surface area contributed by atoms with Gasteiger partial charge < -0.3 is 15.4 Å². The van der Waals surface area contributed by atoms with Gasteiger partial charge in [0.2, 0.25) is 0 Å². The summed E-state index contributed by atoms with van der Waals surface area (Å²) in [5.74, 6) is 2.14. The van der Waals surface area contributed by atoms with Crippen molar-refractivity contribution in [2.75, 3.05) is 46.9 Å². The maximum absolute atomic E-state index is 12.5. The van der Waals surface area contributed by atoms with E-state index in [0.29, 0.717) is 31.5 Å². The van der Waals surface area contributed by atoms with Gasteiger partial charge in [0.1, 0.15) is 5.75 Å². The van der Waals surface area contributed by atoms with Crippen molar-refractivity contribution in [1.29, 1.82) is 0 Å². The average Bonchev–Trinajstić information content (AvgIpc) is 3.09. The number of guanidine groups is 1. The molecule has 0 radical (unpaired) electrons. The van der Waals surface area contributed by atoms with E-state index in [2.05, 4.69) is 34.7 Å². The van der Waals surface area contributed by atoms with Crippen LogP contribution in [0.5, 0.6) is 5.75 Å². The van der Waals surface area contributed by atoms with Gasteiger partial charge in [-0.1, -0.05) is 19.1 Å². The number of hydrogen-bond donors (Lipinski definition) is 2. The Morgan fingerprint density at radius 1 is 1.29 bits per heavy atom. The highest BCUT2D eigenvalue weighted by molar-refractivity contribution is 5.79. The van der Waals surface area contributed by atoms with Crippen LogP contribution in [-0.2, 0) is 0 Å². The van der Waals surface area contributed by atoms with Crippen LogP contribution in [0.25, 0.3) is 0 Å². The lowest BCUT2D eigenvalue weighted by Crippen LogP contribution is -2.41. The van der Waals surface area contributed by atoms with Crippen LogP contribution in [-0.4, -0.2) is 63.9 Å². The molecule has 1 fully saturated rings. The molecule has 1 aromatic carbocycles. The van der Waals surface area contributed by atoms with Gasteiger partial charge in [0.05, 0.1) is 13.7 Å². The lowest BCUT2D eigenvalue weighted by atomic mass is 9.98. The number of aliphatic imine (C=N–C) groups is 1. The number of benzene rings is 1. The summed E-state index contributed by atoms with van der Waals surface area (Å²) in [5, 5.41) is 6.52. The van der Waals surface area contributed by atoms with E-state index in [0.717, 1.165) is 25.1 Å². The van der Waals surface area contributed by atoms with Gasteiger partial charge in [-0.2, -0.15) is 13.2 Å². The van der Waals surface area contributed by atoms with E-state index in [1.807, 2.05) is 12.1 Å². The van der Waals surface area contributed by atoms with Gasteiger partial charge in [-0.05, 0) is 48.9 Å². The van der Waals surface area contributed by atoms with Gasteiger partial charge >= 0.3 is 6.18 Å². The summed E-state index contributed by atoms with van der Waals surface area (Å²) in [7, 11) is 3.35. The van der Waals surface area contributed by atoms with Crippen LogP contribution in [0, 0.1) is 5.92 Å². The lowest BCUT2D eigenvalue weighted by Gasteiger charge is -2.19. The number of rotatable bonds is 8. The molecule has 2 unspecified atom stereocenters. The quantitative estimate of drug-likeness (QED) is 0.520. The highest BCUT2D eigenvalue weighted by Gasteiger charge is 2.34. The Kier molecular flexibility index (Phi) is 8.41. The van der Waals surface area contributed by atoms with E-state index >= 15 is 0 Å². The number of halogens is 3. The molecule has 2 atom stereocenters. The van der Waals surface area contributed by atoms with Crippen molar-refractivity contribution in [2.24, 2.45) is 10.9 Å². The van der Waals surface area contributed by atoms with Crippen molar-refractivity contribution < 1.29 is 17.9 Å². The molecule has 28 heavy (non-hydrogen) atoms. The fourth-order valence-electron chi connectivity index (χ4n) is 3.44. The van der Waals surface area contributed by atoms with Crippen LogP contribution in [0.4, 0.5) is 13.2 Å². The molecule has 5 nitrogen and oxygen atoms in total. The zero-order valence-electron chi connectivity index (χ0n) is 16.9. The molecule has 0 bridgehead atoms. The Hall–Kier alpha value is -1.96. The third-order valence-corrected chi connectivity index (χ3v) is 5.11. The summed E-state index contributed by atoms with van der Waals surface area (Å²) in [6.07, 6.45) is -2.41. The third kappa shape index (κ3) is 7.58. The summed E-state index contributed by atoms with van der Waals surface area (Å²) in [6, 6.07) is 8.07. The molecule has 2 rings (SSSR count). The molecule has 0 amide bonds. The van der Waals surface area contributed by atoms with Crippen LogP contribution in [0.15, 0.2) is 29.3 Å². The van der Waals surface area contributed by atoms with E-state index in [-0.39, 0.29) is 5.92 Å². The first kappa shape index (κ1) is 22.3. The molecule has 8 heteroatoms. The Labute approximate surface area is 165 Å². The highest BCUT2D eigenvalue weighted by atomic mass is 19.4. The largest absolute Gasteiger partial charge is 0.497 e. The zero-order chi connectivity index (χ0) is 20.6. The fraction of sp³-hybridized carbons (Fsp3) is 0.650. The normalized spacial score (nSPS) is 19.5. The second kappa shape index (κ2) is 10.5. The predicted octanol–water partition coefficient (Wildman–Crippen LogP) is 3.24. The van der Waals surface area contributed by atoms with Crippen molar-refractivity contribution in [2.45, 2.75) is 31.9 Å². The molecule has 1 heterocycles. The van der Waals surface area contributed by atoms with E-state index in [9.17, 15) is 13.2 Å². The minimum absolute atomic E-state index is 0.208. The van der Waals surface area contributed by atoms with Crippen LogP contribution >= 0.6 is 0 Å². The lowest BCUT2D eigenvalue weighted by molar-refractivity contribution is -0.143. The molecule has 158 valence electrons. The Balaban J connectivity index is 1.67. The summed E-state index contributed by atoms with van der Waals surface area (Å²) < 4.78 is 42.6. The molecular formula is C20H31F3N4O. The van der Waals surface area contributed by atoms with Gasteiger partial charge in [-0.15, -0.1) is 0 Å². The smallest absolute Gasteiger partial charge is 0.401 e. The topological polar surface area (TPSA) is 48.9 Å². The fourth-order valence-corrected chi connectivity index (χ4v) is 3.44. The van der Waals surface area contributed by atoms with Crippen molar-refractivity contribution in [1.82, 2.24) is 15.5 Å². The number of ether oxygens (including phenoxy) is 1. The summed E-state index contributed by atoms with van der Waals surface area (Å²) in [5.41, 5.74) is 1.25. The molecule has 1 saturated heterocycles. The predicted molar refractivity (Wildman–Crippen MR) is 106 cm³/mol. The molecule has 2 N–H and O–H groups in total. The van der Waals surface area contributed by atoms with E-state index in [4.69, 9.17) is 4.74 Å². The zero-order valence-corrected chi connectivity index (χ0v) is 16.9. The average molecular weight is 400 g/mol. The summed E-state index contributed by atoms with van der Waals surface area (Å²) in [6.45, 7) is 3.71. The molecule has 1 aromatic rings. The second-order valence-corrected chi connectivity index (χ2v) is 7.35. The number of likely N-dealkylation sites (tertiary alicyclic amines) is 1.